The Labute approximate surface area is 224 Å². The Morgan fingerprint density at radius 1 is 1.36 bits per heavy atom. The number of amidine groups is 1. The highest BCUT2D eigenvalue weighted by Crippen LogP contribution is 2.34. The zero-order valence-corrected chi connectivity index (χ0v) is 24.0. The van der Waals surface area contributed by atoms with Gasteiger partial charge in [-0.25, -0.2) is 9.98 Å². The van der Waals surface area contributed by atoms with Gasteiger partial charge >= 0.3 is 0 Å². The van der Waals surface area contributed by atoms with Gasteiger partial charge in [0.2, 0.25) is 0 Å². The van der Waals surface area contributed by atoms with E-state index < -0.39 is 0 Å². The van der Waals surface area contributed by atoms with Crippen molar-refractivity contribution in [1.29, 1.82) is 0 Å². The molecule has 1 unspecified atom stereocenters. The summed E-state index contributed by atoms with van der Waals surface area (Å²) in [5.41, 5.74) is 3.11. The molecule has 1 aromatic carbocycles. The van der Waals surface area contributed by atoms with Crippen molar-refractivity contribution in [3.05, 3.63) is 69.1 Å². The maximum absolute atomic E-state index is 6.56. The van der Waals surface area contributed by atoms with Crippen LogP contribution in [-0.4, -0.2) is 36.2 Å². The van der Waals surface area contributed by atoms with Gasteiger partial charge in [0.25, 0.3) is 0 Å². The van der Waals surface area contributed by atoms with Gasteiger partial charge < -0.3 is 14.8 Å². The Kier molecular flexibility index (Phi) is 10.8. The Hall–Kier alpha value is -2.35. The molecule has 0 amide bonds. The maximum Gasteiger partial charge on any atom is 0.134 e. The molecule has 0 bridgehead atoms. The number of thiazole rings is 1. The van der Waals surface area contributed by atoms with E-state index in [0.29, 0.717) is 0 Å². The summed E-state index contributed by atoms with van der Waals surface area (Å²) in [5.74, 6) is 1.68. The number of hydrogen-bond donors (Lipinski definition) is 1. The van der Waals surface area contributed by atoms with E-state index >= 15 is 0 Å². The second-order valence-corrected chi connectivity index (χ2v) is 11.6. The average molecular weight is 526 g/mol. The normalized spacial score (nSPS) is 16.4. The van der Waals surface area contributed by atoms with Gasteiger partial charge in [0.15, 0.2) is 0 Å². The topological polar surface area (TPSA) is 55.7 Å². The Balaban J connectivity index is 2.04. The fourth-order valence-corrected chi connectivity index (χ4v) is 5.22. The van der Waals surface area contributed by atoms with Crippen LogP contribution >= 0.6 is 23.1 Å². The van der Waals surface area contributed by atoms with Gasteiger partial charge in [-0.05, 0) is 58.1 Å². The SMILES string of the molecule is C=C(S/C(C)=C\C)C(C)N/C(=N/C=C/CC)c1cc(-c2ncc(C)s2)cc(OC2CCOCC2)c1C. The molecule has 0 radical (unpaired) electrons. The summed E-state index contributed by atoms with van der Waals surface area (Å²) in [6.45, 7) is 18.4. The number of thioether (sulfide) groups is 1. The molecule has 1 N–H and O–H groups in total. The predicted octanol–water partition coefficient (Wildman–Crippen LogP) is 7.80. The van der Waals surface area contributed by atoms with Crippen molar-refractivity contribution in [3.8, 4) is 16.3 Å². The molecule has 2 heterocycles. The summed E-state index contributed by atoms with van der Waals surface area (Å²) in [5, 5.41) is 4.61. The van der Waals surface area contributed by atoms with E-state index in [1.165, 1.54) is 9.78 Å². The van der Waals surface area contributed by atoms with E-state index in [4.69, 9.17) is 14.5 Å². The minimum atomic E-state index is 0.0173. The molecule has 1 fully saturated rings. The monoisotopic (exact) mass is 525 g/mol. The number of aryl methyl sites for hydroxylation is 1. The number of nitrogens with zero attached hydrogens (tertiary/aromatic N) is 2. The van der Waals surface area contributed by atoms with E-state index in [0.717, 1.165) is 70.7 Å². The Morgan fingerprint density at radius 2 is 2.11 bits per heavy atom. The third kappa shape index (κ3) is 7.82. The van der Waals surface area contributed by atoms with Crippen LogP contribution < -0.4 is 10.1 Å². The standard InChI is InChI=1S/C29H39N3O2S2/c1-8-10-13-30-28(32-22(6)23(7)35-19(3)9-2)26-16-24(29-31-18-20(4)36-29)17-27(21(26)5)34-25-11-14-33-15-12-25/h9-10,13,16-18,22,25H,7-8,11-12,14-15H2,1-6H3,(H,30,32)/b13-10+,19-9-. The maximum atomic E-state index is 6.56. The lowest BCUT2D eigenvalue weighted by atomic mass is 10.0. The van der Waals surface area contributed by atoms with Gasteiger partial charge in [-0.2, -0.15) is 0 Å². The highest BCUT2D eigenvalue weighted by Gasteiger charge is 2.21. The van der Waals surface area contributed by atoms with Crippen LogP contribution in [0.1, 0.15) is 63.0 Å². The van der Waals surface area contributed by atoms with Crippen LogP contribution in [0.4, 0.5) is 0 Å². The van der Waals surface area contributed by atoms with Gasteiger partial charge in [0.1, 0.15) is 22.7 Å². The minimum absolute atomic E-state index is 0.0173. The number of rotatable bonds is 10. The largest absolute Gasteiger partial charge is 0.490 e. The van der Waals surface area contributed by atoms with Crippen molar-refractivity contribution in [1.82, 2.24) is 10.3 Å². The van der Waals surface area contributed by atoms with Gasteiger partial charge in [0, 0.05) is 51.7 Å². The first-order valence-electron chi connectivity index (χ1n) is 12.6. The van der Waals surface area contributed by atoms with E-state index in [1.54, 1.807) is 23.1 Å². The first kappa shape index (κ1) is 28.2. The summed E-state index contributed by atoms with van der Waals surface area (Å²) in [7, 11) is 0. The Morgan fingerprint density at radius 3 is 2.75 bits per heavy atom. The molecule has 1 saturated heterocycles. The van der Waals surface area contributed by atoms with Crippen molar-refractivity contribution in [2.75, 3.05) is 13.2 Å². The van der Waals surface area contributed by atoms with E-state index in [1.807, 2.05) is 19.3 Å². The number of aromatic nitrogens is 1. The van der Waals surface area contributed by atoms with Gasteiger partial charge in [-0.3, -0.25) is 0 Å². The Bertz CT molecular complexity index is 1130. The molecule has 36 heavy (non-hydrogen) atoms. The number of benzene rings is 1. The molecule has 0 saturated carbocycles. The molecule has 1 aliphatic heterocycles. The third-order valence-corrected chi connectivity index (χ3v) is 8.16. The number of aliphatic imine (C=N–C) groups is 1. The van der Waals surface area contributed by atoms with Crippen molar-refractivity contribution < 1.29 is 9.47 Å². The van der Waals surface area contributed by atoms with Crippen LogP contribution in [0.15, 0.2) is 58.1 Å². The smallest absolute Gasteiger partial charge is 0.134 e. The van der Waals surface area contributed by atoms with Gasteiger partial charge in [0.05, 0.1) is 19.3 Å². The molecule has 0 aliphatic carbocycles. The minimum Gasteiger partial charge on any atom is -0.490 e. The fourth-order valence-electron chi connectivity index (χ4n) is 3.70. The molecule has 1 aromatic heterocycles. The van der Waals surface area contributed by atoms with E-state index in [-0.39, 0.29) is 12.1 Å². The summed E-state index contributed by atoms with van der Waals surface area (Å²) in [4.78, 5) is 13.0. The number of ether oxygens (including phenoxy) is 2. The summed E-state index contributed by atoms with van der Waals surface area (Å²) in [6.07, 6.45) is 10.8. The van der Waals surface area contributed by atoms with Gasteiger partial charge in [-0.15, -0.1) is 11.3 Å². The van der Waals surface area contributed by atoms with Crippen molar-refractivity contribution >= 4 is 28.9 Å². The molecule has 0 spiro atoms. The molecule has 7 heteroatoms. The molecular formula is C29H39N3O2S2. The molecule has 2 aromatic rings. The van der Waals surface area contributed by atoms with Crippen LogP contribution in [0, 0.1) is 13.8 Å². The van der Waals surface area contributed by atoms with E-state index in [2.05, 4.69) is 75.8 Å². The highest BCUT2D eigenvalue weighted by molar-refractivity contribution is 8.06. The van der Waals surface area contributed by atoms with Crippen LogP contribution in [0.2, 0.25) is 0 Å². The summed E-state index contributed by atoms with van der Waals surface area (Å²) >= 11 is 3.38. The number of allylic oxidation sites excluding steroid dienone is 3. The second kappa shape index (κ2) is 13.8. The predicted molar refractivity (Wildman–Crippen MR) is 156 cm³/mol. The highest BCUT2D eigenvalue weighted by atomic mass is 32.2. The van der Waals surface area contributed by atoms with Crippen LogP contribution in [0.3, 0.4) is 0 Å². The number of nitrogens with one attached hydrogen (secondary N) is 1. The van der Waals surface area contributed by atoms with Crippen LogP contribution in [-0.2, 0) is 4.74 Å². The number of hydrogen-bond acceptors (Lipinski definition) is 6. The molecule has 1 atom stereocenters. The van der Waals surface area contributed by atoms with E-state index in [9.17, 15) is 0 Å². The van der Waals surface area contributed by atoms with Crippen LogP contribution in [0.25, 0.3) is 10.6 Å². The first-order valence-corrected chi connectivity index (χ1v) is 14.3. The molecule has 3 rings (SSSR count). The molecular weight excluding hydrogens is 486 g/mol. The van der Waals surface area contributed by atoms with Crippen molar-refractivity contribution in [3.63, 3.8) is 0 Å². The average Bonchev–Trinajstić information content (AvgIpc) is 3.31. The van der Waals surface area contributed by atoms with Crippen molar-refractivity contribution in [2.24, 2.45) is 4.99 Å². The molecule has 194 valence electrons. The summed E-state index contributed by atoms with van der Waals surface area (Å²) in [6, 6.07) is 4.32. The first-order chi connectivity index (χ1) is 17.3. The molecule has 1 aliphatic rings. The zero-order valence-electron chi connectivity index (χ0n) is 22.4. The third-order valence-electron chi connectivity index (χ3n) is 6.02. The molecule has 5 nitrogen and oxygen atoms in total. The van der Waals surface area contributed by atoms with Crippen molar-refractivity contribution in [2.45, 2.75) is 73.0 Å². The quantitative estimate of drug-likeness (QED) is 0.253. The lowest BCUT2D eigenvalue weighted by Gasteiger charge is -2.26. The lowest BCUT2D eigenvalue weighted by molar-refractivity contribution is 0.0253. The van der Waals surface area contributed by atoms with Gasteiger partial charge in [-0.1, -0.05) is 37.4 Å². The summed E-state index contributed by atoms with van der Waals surface area (Å²) < 4.78 is 12.1. The fraction of sp³-hybridized carbons (Fsp3) is 0.448. The lowest BCUT2D eigenvalue weighted by Crippen LogP contribution is -2.34. The van der Waals surface area contributed by atoms with Crippen LogP contribution in [0.5, 0.6) is 5.75 Å². The zero-order chi connectivity index (χ0) is 26.1. The second-order valence-electron chi connectivity index (χ2n) is 8.96.